The molecule has 1 saturated heterocycles. The topological polar surface area (TPSA) is 18.5 Å². The summed E-state index contributed by atoms with van der Waals surface area (Å²) in [7, 11) is 0. The first-order valence-corrected chi connectivity index (χ1v) is 8.86. The van der Waals surface area contributed by atoms with E-state index in [4.69, 9.17) is 9.47 Å². The van der Waals surface area contributed by atoms with Crippen LogP contribution < -0.4 is 0 Å². The van der Waals surface area contributed by atoms with E-state index in [0.29, 0.717) is 13.2 Å². The number of hydrogen-bond acceptors (Lipinski definition) is 2. The zero-order chi connectivity index (χ0) is 17.4. The molecule has 1 fully saturated rings. The van der Waals surface area contributed by atoms with Crippen LogP contribution in [0, 0.1) is 5.92 Å². The van der Waals surface area contributed by atoms with Crippen LogP contribution in [-0.4, -0.2) is 19.4 Å². The van der Waals surface area contributed by atoms with Gasteiger partial charge in [0.1, 0.15) is 0 Å². The summed E-state index contributed by atoms with van der Waals surface area (Å²) in [6.07, 6.45) is 0.763. The van der Waals surface area contributed by atoms with Crippen LogP contribution in [0.5, 0.6) is 0 Å². The van der Waals surface area contributed by atoms with Crippen LogP contribution in [0.15, 0.2) is 24.3 Å². The van der Waals surface area contributed by atoms with Crippen LogP contribution in [0.3, 0.4) is 0 Å². The van der Waals surface area contributed by atoms with Crippen LogP contribution >= 0.6 is 0 Å². The second-order valence-electron chi connectivity index (χ2n) is 6.57. The molecular weight excluding hydrogens is 317 g/mol. The van der Waals surface area contributed by atoms with Crippen LogP contribution in [0.2, 0.25) is 0 Å². The molecule has 5 heteroatoms. The maximum atomic E-state index is 12.2. The lowest BCUT2D eigenvalue weighted by Crippen LogP contribution is -2.28. The third kappa shape index (κ3) is 6.81. The number of benzene rings is 1. The highest BCUT2D eigenvalue weighted by atomic mass is 19.4. The van der Waals surface area contributed by atoms with Crippen molar-refractivity contribution >= 4 is 0 Å². The molecule has 24 heavy (non-hydrogen) atoms. The lowest BCUT2D eigenvalue weighted by molar-refractivity contribution is -0.211. The van der Waals surface area contributed by atoms with Crippen molar-refractivity contribution < 1.29 is 22.6 Å². The molecule has 1 aliphatic rings. The number of halogens is 3. The molecule has 2 nitrogen and oxygen atoms in total. The fourth-order valence-electron chi connectivity index (χ4n) is 2.87. The van der Waals surface area contributed by atoms with Crippen LogP contribution in [0.25, 0.3) is 0 Å². The predicted molar refractivity (Wildman–Crippen MR) is 87.7 cm³/mol. The van der Waals surface area contributed by atoms with Gasteiger partial charge in [-0.2, -0.15) is 13.2 Å². The van der Waals surface area contributed by atoms with E-state index in [-0.39, 0.29) is 12.3 Å². The standard InChI is InChI=1S/C19H27F3O2/c1-2-3-4-5-6-15-7-9-17(10-8-15)18-23-13-16(14-24-18)11-12-19(20,21)22/h7-10,16,18H,2-6,11-14H2,1H3/t16-,18-. The van der Waals surface area contributed by atoms with Gasteiger partial charge in [-0.25, -0.2) is 0 Å². The monoisotopic (exact) mass is 344 g/mol. The third-order valence-corrected chi connectivity index (χ3v) is 4.37. The number of rotatable bonds is 8. The van der Waals surface area contributed by atoms with Gasteiger partial charge in [0.05, 0.1) is 13.2 Å². The van der Waals surface area contributed by atoms with E-state index < -0.39 is 18.9 Å². The fraction of sp³-hybridized carbons (Fsp3) is 0.684. The molecule has 0 amide bonds. The summed E-state index contributed by atoms with van der Waals surface area (Å²) in [6.45, 7) is 2.84. The largest absolute Gasteiger partial charge is 0.389 e. The molecule has 0 N–H and O–H groups in total. The van der Waals surface area contributed by atoms with Gasteiger partial charge in [0.2, 0.25) is 0 Å². The Hall–Kier alpha value is -1.07. The van der Waals surface area contributed by atoms with Crippen molar-refractivity contribution in [1.82, 2.24) is 0 Å². The maximum absolute atomic E-state index is 12.2. The molecule has 136 valence electrons. The number of alkyl halides is 3. The second kappa shape index (κ2) is 9.42. The van der Waals surface area contributed by atoms with Crippen molar-refractivity contribution in [2.75, 3.05) is 13.2 Å². The minimum atomic E-state index is -4.11. The van der Waals surface area contributed by atoms with E-state index in [1.54, 1.807) is 0 Å². The van der Waals surface area contributed by atoms with E-state index in [0.717, 1.165) is 12.0 Å². The highest BCUT2D eigenvalue weighted by Crippen LogP contribution is 2.30. The molecule has 1 aliphatic heterocycles. The molecule has 0 bridgehead atoms. The first-order chi connectivity index (χ1) is 11.5. The molecule has 0 saturated carbocycles. The van der Waals surface area contributed by atoms with E-state index in [1.807, 2.05) is 12.1 Å². The minimum Gasteiger partial charge on any atom is -0.348 e. The van der Waals surface area contributed by atoms with E-state index in [9.17, 15) is 13.2 Å². The summed E-state index contributed by atoms with van der Waals surface area (Å²) in [5.74, 6) is -0.180. The van der Waals surface area contributed by atoms with Gasteiger partial charge in [-0.05, 0) is 24.8 Å². The molecule has 2 rings (SSSR count). The summed E-state index contributed by atoms with van der Waals surface area (Å²) >= 11 is 0. The SMILES string of the molecule is CCCCCCc1ccc([C@H]2OC[C@H](CCC(F)(F)F)CO2)cc1. The molecule has 1 aromatic rings. The Labute approximate surface area is 142 Å². The quantitative estimate of drug-likeness (QED) is 0.554. The number of aryl methyl sites for hydroxylation is 1. The Morgan fingerprint density at radius 2 is 1.67 bits per heavy atom. The van der Waals surface area contributed by atoms with Gasteiger partial charge in [-0.1, -0.05) is 50.5 Å². The number of unbranched alkanes of at least 4 members (excludes halogenated alkanes) is 3. The first-order valence-electron chi connectivity index (χ1n) is 8.86. The highest BCUT2D eigenvalue weighted by Gasteiger charge is 2.30. The summed E-state index contributed by atoms with van der Waals surface area (Å²) < 4.78 is 47.9. The summed E-state index contributed by atoms with van der Waals surface area (Å²) in [6, 6.07) is 8.17. The molecular formula is C19H27F3O2. The lowest BCUT2D eigenvalue weighted by Gasteiger charge is -2.30. The highest BCUT2D eigenvalue weighted by molar-refractivity contribution is 5.23. The molecule has 0 aliphatic carbocycles. The third-order valence-electron chi connectivity index (χ3n) is 4.37. The maximum Gasteiger partial charge on any atom is 0.389 e. The summed E-state index contributed by atoms with van der Waals surface area (Å²) in [5, 5.41) is 0. The van der Waals surface area contributed by atoms with Gasteiger partial charge < -0.3 is 9.47 Å². The Balaban J connectivity index is 1.73. The van der Waals surface area contributed by atoms with Crippen molar-refractivity contribution in [2.45, 2.75) is 64.3 Å². The molecule has 1 heterocycles. The molecule has 0 aromatic heterocycles. The smallest absolute Gasteiger partial charge is 0.348 e. The van der Waals surface area contributed by atoms with Crippen LogP contribution in [-0.2, 0) is 15.9 Å². The Kier molecular flexibility index (Phi) is 7.56. The van der Waals surface area contributed by atoms with Crippen LogP contribution in [0.4, 0.5) is 13.2 Å². The van der Waals surface area contributed by atoms with Crippen molar-refractivity contribution in [2.24, 2.45) is 5.92 Å². The number of ether oxygens (including phenoxy) is 2. The Bertz CT molecular complexity index is 462. The fourth-order valence-corrected chi connectivity index (χ4v) is 2.87. The average Bonchev–Trinajstić information content (AvgIpc) is 2.57. The Morgan fingerprint density at radius 1 is 1.00 bits per heavy atom. The zero-order valence-electron chi connectivity index (χ0n) is 14.3. The summed E-state index contributed by atoms with van der Waals surface area (Å²) in [4.78, 5) is 0. The van der Waals surface area contributed by atoms with Gasteiger partial charge in [-0.3, -0.25) is 0 Å². The van der Waals surface area contributed by atoms with Crippen LogP contribution in [0.1, 0.15) is 62.9 Å². The van der Waals surface area contributed by atoms with Crippen molar-refractivity contribution in [3.63, 3.8) is 0 Å². The zero-order valence-corrected chi connectivity index (χ0v) is 14.3. The van der Waals surface area contributed by atoms with Gasteiger partial charge in [0.15, 0.2) is 6.29 Å². The average molecular weight is 344 g/mol. The predicted octanol–water partition coefficient (Wildman–Crippen LogP) is 5.81. The van der Waals surface area contributed by atoms with Gasteiger partial charge in [0, 0.05) is 17.9 Å². The van der Waals surface area contributed by atoms with E-state index in [1.165, 1.54) is 31.2 Å². The van der Waals surface area contributed by atoms with Crippen molar-refractivity contribution in [1.29, 1.82) is 0 Å². The van der Waals surface area contributed by atoms with E-state index in [2.05, 4.69) is 19.1 Å². The second-order valence-corrected chi connectivity index (χ2v) is 6.57. The lowest BCUT2D eigenvalue weighted by atomic mass is 10.0. The first kappa shape index (κ1) is 19.3. The molecule has 1 aromatic carbocycles. The summed E-state index contributed by atoms with van der Waals surface area (Å²) in [5.41, 5.74) is 2.23. The minimum absolute atomic E-state index is 0.0624. The molecule has 0 atom stereocenters. The van der Waals surface area contributed by atoms with Crippen molar-refractivity contribution in [3.05, 3.63) is 35.4 Å². The molecule has 0 spiro atoms. The van der Waals surface area contributed by atoms with Gasteiger partial charge >= 0.3 is 6.18 Å². The Morgan fingerprint density at radius 3 is 2.25 bits per heavy atom. The number of hydrogen-bond donors (Lipinski definition) is 0. The van der Waals surface area contributed by atoms with Gasteiger partial charge in [-0.15, -0.1) is 0 Å². The van der Waals surface area contributed by atoms with Crippen molar-refractivity contribution in [3.8, 4) is 0 Å². The van der Waals surface area contributed by atoms with E-state index >= 15 is 0 Å². The normalized spacial score (nSPS) is 21.8. The van der Waals surface area contributed by atoms with Gasteiger partial charge in [0.25, 0.3) is 0 Å². The molecule has 0 radical (unpaired) electrons. The molecule has 0 unspecified atom stereocenters.